The number of nitrogens with zero attached hydrogens (tertiary/aromatic N) is 1. The molecule has 1 unspecified atom stereocenters. The molecule has 0 amide bonds. The molecule has 1 aromatic carbocycles. The van der Waals surface area contributed by atoms with Crippen molar-refractivity contribution >= 4 is 17.2 Å². The second-order valence-electron chi connectivity index (χ2n) is 4.91. The number of benzene rings is 1. The lowest BCUT2D eigenvalue weighted by molar-refractivity contribution is 0.108. The van der Waals surface area contributed by atoms with Gasteiger partial charge in [-0.05, 0) is 24.2 Å². The second-order valence-corrected chi connectivity index (χ2v) is 5.35. The Labute approximate surface area is 130 Å². The first kappa shape index (κ1) is 15.7. The van der Waals surface area contributed by atoms with Gasteiger partial charge in [0.05, 0.1) is 18.9 Å². The summed E-state index contributed by atoms with van der Waals surface area (Å²) in [7, 11) is 0. The van der Waals surface area contributed by atoms with Crippen molar-refractivity contribution in [2.24, 2.45) is 5.73 Å². The molecule has 0 aliphatic rings. The normalized spacial score (nSPS) is 12.5. The average molecular weight is 304 g/mol. The van der Waals surface area contributed by atoms with Crippen LogP contribution in [0.5, 0.6) is 0 Å². The molecule has 2 aromatic rings. The summed E-state index contributed by atoms with van der Waals surface area (Å²) in [5.41, 5.74) is 7.23. The van der Waals surface area contributed by atoms with Crippen LogP contribution in [0, 0.1) is 0 Å². The first-order chi connectivity index (χ1) is 10.1. The van der Waals surface area contributed by atoms with Crippen molar-refractivity contribution in [3.05, 3.63) is 59.5 Å². The number of rotatable bonds is 7. The molecule has 1 atom stereocenters. The average Bonchev–Trinajstić information content (AvgIpc) is 2.99. The Hall–Kier alpha value is -1.69. The van der Waals surface area contributed by atoms with Crippen LogP contribution in [0.2, 0.25) is 0 Å². The molecule has 21 heavy (non-hydrogen) atoms. The summed E-state index contributed by atoms with van der Waals surface area (Å²) in [6.07, 6.45) is 1.11. The molecule has 2 rings (SSSR count). The van der Waals surface area contributed by atoms with Crippen LogP contribution in [0.15, 0.2) is 47.1 Å². The molecule has 0 bridgehead atoms. The minimum absolute atomic E-state index is 0.365. The largest absolute Gasteiger partial charge is 0.468 e. The minimum atomic E-state index is -0.555. The summed E-state index contributed by atoms with van der Waals surface area (Å²) >= 11 is 4.92. The van der Waals surface area contributed by atoms with Crippen LogP contribution in [0.3, 0.4) is 0 Å². The summed E-state index contributed by atoms with van der Waals surface area (Å²) < 4.78 is 5.34. The van der Waals surface area contributed by atoms with Gasteiger partial charge in [0.15, 0.2) is 0 Å². The van der Waals surface area contributed by atoms with E-state index in [9.17, 15) is 5.11 Å². The van der Waals surface area contributed by atoms with Gasteiger partial charge in [-0.1, -0.05) is 43.4 Å². The highest BCUT2D eigenvalue weighted by molar-refractivity contribution is 7.80. The summed E-state index contributed by atoms with van der Waals surface area (Å²) in [5.74, 6) is 0.896. The van der Waals surface area contributed by atoms with Crippen molar-refractivity contribution in [2.45, 2.75) is 19.6 Å². The second kappa shape index (κ2) is 7.36. The van der Waals surface area contributed by atoms with Crippen LogP contribution in [0.4, 0.5) is 0 Å². The summed E-state index contributed by atoms with van der Waals surface area (Å²) in [6, 6.07) is 11.2. The Bertz CT molecular complexity index is 566. The monoisotopic (exact) mass is 304 g/mol. The van der Waals surface area contributed by atoms with E-state index in [-0.39, 0.29) is 0 Å². The van der Waals surface area contributed by atoms with E-state index in [0.717, 1.165) is 23.4 Å². The molecule has 0 saturated carbocycles. The Morgan fingerprint density at radius 1 is 1.33 bits per heavy atom. The van der Waals surface area contributed by atoms with Crippen LogP contribution < -0.4 is 5.73 Å². The number of aliphatic hydroxyl groups is 1. The van der Waals surface area contributed by atoms with E-state index in [0.29, 0.717) is 18.1 Å². The minimum Gasteiger partial charge on any atom is -0.468 e. The number of hydrogen-bond acceptors (Lipinski definition) is 4. The third kappa shape index (κ3) is 4.39. The lowest BCUT2D eigenvalue weighted by atomic mass is 10.1. The lowest BCUT2D eigenvalue weighted by Gasteiger charge is -2.23. The maximum Gasteiger partial charge on any atom is 0.117 e. The van der Waals surface area contributed by atoms with E-state index in [1.165, 1.54) is 0 Å². The van der Waals surface area contributed by atoms with Gasteiger partial charge in [-0.3, -0.25) is 4.90 Å². The maximum absolute atomic E-state index is 10.3. The molecule has 0 radical (unpaired) electrons. The highest BCUT2D eigenvalue weighted by Crippen LogP contribution is 2.17. The predicted molar refractivity (Wildman–Crippen MR) is 86.9 cm³/mol. The summed E-state index contributed by atoms with van der Waals surface area (Å²) in [5, 5.41) is 10.3. The fraction of sp³-hybridized carbons (Fsp3) is 0.312. The van der Waals surface area contributed by atoms with Gasteiger partial charge in [0, 0.05) is 12.1 Å². The SMILES string of the molecule is CCN(Cc1ccco1)CC(O)c1ccc(C(N)=S)cc1. The van der Waals surface area contributed by atoms with Crippen molar-refractivity contribution in [1.82, 2.24) is 4.90 Å². The van der Waals surface area contributed by atoms with Crippen molar-refractivity contribution in [2.75, 3.05) is 13.1 Å². The lowest BCUT2D eigenvalue weighted by Crippen LogP contribution is -2.28. The standard InChI is InChI=1S/C16H20N2O2S/c1-2-18(10-14-4-3-9-20-14)11-15(19)12-5-7-13(8-6-12)16(17)21/h3-9,15,19H,2,10-11H2,1H3,(H2,17,21). The van der Waals surface area contributed by atoms with Crippen molar-refractivity contribution in [3.63, 3.8) is 0 Å². The van der Waals surface area contributed by atoms with E-state index in [1.807, 2.05) is 36.4 Å². The summed E-state index contributed by atoms with van der Waals surface area (Å²) in [6.45, 7) is 4.13. The van der Waals surface area contributed by atoms with E-state index < -0.39 is 6.10 Å². The molecule has 112 valence electrons. The van der Waals surface area contributed by atoms with Gasteiger partial charge in [-0.25, -0.2) is 0 Å². The quantitative estimate of drug-likeness (QED) is 0.769. The molecular formula is C16H20N2O2S. The molecule has 5 heteroatoms. The molecular weight excluding hydrogens is 284 g/mol. The van der Waals surface area contributed by atoms with Gasteiger partial charge in [0.25, 0.3) is 0 Å². The number of likely N-dealkylation sites (N-methyl/N-ethyl adjacent to an activating group) is 1. The summed E-state index contributed by atoms with van der Waals surface area (Å²) in [4.78, 5) is 2.49. The molecule has 1 heterocycles. The van der Waals surface area contributed by atoms with E-state index in [4.69, 9.17) is 22.4 Å². The molecule has 0 aliphatic heterocycles. The van der Waals surface area contributed by atoms with Gasteiger partial charge in [-0.15, -0.1) is 0 Å². The highest BCUT2D eigenvalue weighted by Gasteiger charge is 2.14. The van der Waals surface area contributed by atoms with Gasteiger partial charge in [0.2, 0.25) is 0 Å². The van der Waals surface area contributed by atoms with Crippen molar-refractivity contribution in [1.29, 1.82) is 0 Å². The predicted octanol–water partition coefficient (Wildman–Crippen LogP) is 2.47. The van der Waals surface area contributed by atoms with Crippen LogP contribution >= 0.6 is 12.2 Å². The third-order valence-electron chi connectivity index (χ3n) is 3.42. The fourth-order valence-corrected chi connectivity index (χ4v) is 2.28. The van der Waals surface area contributed by atoms with Crippen LogP contribution in [0.25, 0.3) is 0 Å². The van der Waals surface area contributed by atoms with Gasteiger partial charge < -0.3 is 15.3 Å². The van der Waals surface area contributed by atoms with Crippen LogP contribution in [0.1, 0.15) is 29.9 Å². The molecule has 0 spiro atoms. The van der Waals surface area contributed by atoms with Crippen molar-refractivity contribution in [3.8, 4) is 0 Å². The molecule has 1 aromatic heterocycles. The molecule has 0 aliphatic carbocycles. The number of hydrogen-bond donors (Lipinski definition) is 2. The number of nitrogens with two attached hydrogens (primary N) is 1. The Kier molecular flexibility index (Phi) is 5.50. The zero-order valence-electron chi connectivity index (χ0n) is 12.0. The highest BCUT2D eigenvalue weighted by atomic mass is 32.1. The first-order valence-corrected chi connectivity index (χ1v) is 7.33. The molecule has 0 saturated heterocycles. The van der Waals surface area contributed by atoms with Crippen LogP contribution in [-0.2, 0) is 6.54 Å². The Balaban J connectivity index is 1.98. The number of furan rings is 1. The third-order valence-corrected chi connectivity index (χ3v) is 3.65. The zero-order valence-corrected chi connectivity index (χ0v) is 12.8. The first-order valence-electron chi connectivity index (χ1n) is 6.92. The van der Waals surface area contributed by atoms with E-state index >= 15 is 0 Å². The van der Waals surface area contributed by atoms with Crippen LogP contribution in [-0.4, -0.2) is 28.1 Å². The van der Waals surface area contributed by atoms with Crippen molar-refractivity contribution < 1.29 is 9.52 Å². The topological polar surface area (TPSA) is 62.6 Å². The smallest absolute Gasteiger partial charge is 0.117 e. The molecule has 0 fully saturated rings. The fourth-order valence-electron chi connectivity index (χ4n) is 2.15. The molecule has 4 nitrogen and oxygen atoms in total. The van der Waals surface area contributed by atoms with Gasteiger partial charge in [0.1, 0.15) is 10.7 Å². The number of thiocarbonyl (C=S) groups is 1. The van der Waals surface area contributed by atoms with E-state index in [2.05, 4.69) is 11.8 Å². The van der Waals surface area contributed by atoms with E-state index in [1.54, 1.807) is 6.26 Å². The Morgan fingerprint density at radius 2 is 2.05 bits per heavy atom. The Morgan fingerprint density at radius 3 is 2.57 bits per heavy atom. The van der Waals surface area contributed by atoms with Gasteiger partial charge in [-0.2, -0.15) is 0 Å². The zero-order chi connectivity index (χ0) is 15.2. The van der Waals surface area contributed by atoms with Gasteiger partial charge >= 0.3 is 0 Å². The maximum atomic E-state index is 10.3. The number of aliphatic hydroxyl groups excluding tert-OH is 1. The molecule has 3 N–H and O–H groups in total.